The minimum absolute atomic E-state index is 0.388. The summed E-state index contributed by atoms with van der Waals surface area (Å²) in [7, 11) is 0. The van der Waals surface area contributed by atoms with Gasteiger partial charge in [-0.1, -0.05) is 11.6 Å². The van der Waals surface area contributed by atoms with Gasteiger partial charge in [0.1, 0.15) is 0 Å². The summed E-state index contributed by atoms with van der Waals surface area (Å²) in [5.74, 6) is 0. The van der Waals surface area contributed by atoms with Gasteiger partial charge in [-0.05, 0) is 49.7 Å². The third-order valence-electron chi connectivity index (χ3n) is 3.76. The van der Waals surface area contributed by atoms with Crippen molar-refractivity contribution in [1.82, 2.24) is 9.88 Å². The summed E-state index contributed by atoms with van der Waals surface area (Å²) in [4.78, 5) is 5.77. The Morgan fingerprint density at radius 3 is 2.89 bits per heavy atom. The predicted molar refractivity (Wildman–Crippen MR) is 75.8 cm³/mol. The number of H-pyrrole nitrogens is 1. The number of aromatic amines is 1. The second-order valence-electron chi connectivity index (χ2n) is 5.12. The molecule has 18 heavy (non-hydrogen) atoms. The van der Waals surface area contributed by atoms with Crippen molar-refractivity contribution in [3.63, 3.8) is 0 Å². The highest BCUT2D eigenvalue weighted by molar-refractivity contribution is 6.31. The van der Waals surface area contributed by atoms with E-state index in [0.29, 0.717) is 6.04 Å². The van der Waals surface area contributed by atoms with Crippen LogP contribution in [0, 0.1) is 0 Å². The first-order chi connectivity index (χ1) is 8.72. The van der Waals surface area contributed by atoms with Crippen molar-refractivity contribution >= 4 is 22.5 Å². The molecule has 0 radical (unpaired) electrons. The molecule has 0 bridgehead atoms. The van der Waals surface area contributed by atoms with E-state index in [1.165, 1.54) is 10.9 Å². The fraction of sp³-hybridized carbons (Fsp3) is 0.429. The number of piperidine rings is 1. The van der Waals surface area contributed by atoms with E-state index in [1.54, 1.807) is 0 Å². The van der Waals surface area contributed by atoms with Crippen LogP contribution in [-0.2, 0) is 6.54 Å². The minimum atomic E-state index is 0.388. The maximum absolute atomic E-state index is 6.07. The van der Waals surface area contributed by atoms with Gasteiger partial charge in [-0.3, -0.25) is 4.90 Å². The SMILES string of the molecule is NC1CCN(Cc2c[nH]c3ccc(Cl)cc23)CC1. The molecule has 1 aromatic heterocycles. The van der Waals surface area contributed by atoms with E-state index in [-0.39, 0.29) is 0 Å². The Bertz CT molecular complexity index is 541. The molecule has 2 heterocycles. The van der Waals surface area contributed by atoms with Gasteiger partial charge in [0.2, 0.25) is 0 Å². The molecule has 1 aliphatic rings. The van der Waals surface area contributed by atoms with Crippen LogP contribution in [0.4, 0.5) is 0 Å². The average Bonchev–Trinajstić information content (AvgIpc) is 2.75. The zero-order chi connectivity index (χ0) is 12.5. The van der Waals surface area contributed by atoms with E-state index in [2.05, 4.69) is 16.1 Å². The molecule has 96 valence electrons. The van der Waals surface area contributed by atoms with Crippen LogP contribution in [0.15, 0.2) is 24.4 Å². The Morgan fingerprint density at radius 2 is 2.11 bits per heavy atom. The maximum Gasteiger partial charge on any atom is 0.0458 e. The molecular weight excluding hydrogens is 246 g/mol. The van der Waals surface area contributed by atoms with Gasteiger partial charge in [0.15, 0.2) is 0 Å². The molecule has 1 aromatic carbocycles. The van der Waals surface area contributed by atoms with Crippen molar-refractivity contribution < 1.29 is 0 Å². The Kier molecular flexibility index (Phi) is 3.29. The third kappa shape index (κ3) is 2.39. The Labute approximate surface area is 112 Å². The summed E-state index contributed by atoms with van der Waals surface area (Å²) in [6, 6.07) is 6.38. The quantitative estimate of drug-likeness (QED) is 0.875. The zero-order valence-electron chi connectivity index (χ0n) is 10.3. The molecule has 0 amide bonds. The minimum Gasteiger partial charge on any atom is -0.361 e. The van der Waals surface area contributed by atoms with E-state index in [1.807, 2.05) is 18.2 Å². The second kappa shape index (κ2) is 4.92. The van der Waals surface area contributed by atoms with Crippen molar-refractivity contribution in [1.29, 1.82) is 0 Å². The lowest BCUT2D eigenvalue weighted by Crippen LogP contribution is -2.39. The molecule has 3 N–H and O–H groups in total. The van der Waals surface area contributed by atoms with Gasteiger partial charge in [0, 0.05) is 34.7 Å². The predicted octanol–water partition coefficient (Wildman–Crippen LogP) is 2.74. The first-order valence-electron chi connectivity index (χ1n) is 6.46. The third-order valence-corrected chi connectivity index (χ3v) is 3.99. The number of nitrogens with zero attached hydrogens (tertiary/aromatic N) is 1. The number of fused-ring (bicyclic) bond motifs is 1. The molecule has 0 saturated carbocycles. The summed E-state index contributed by atoms with van der Waals surface area (Å²) in [6.45, 7) is 3.16. The number of rotatable bonds is 2. The van der Waals surface area contributed by atoms with Gasteiger partial charge in [0.05, 0.1) is 0 Å². The van der Waals surface area contributed by atoms with E-state index in [9.17, 15) is 0 Å². The molecule has 2 aromatic rings. The van der Waals surface area contributed by atoms with E-state index in [4.69, 9.17) is 17.3 Å². The topological polar surface area (TPSA) is 45.0 Å². The number of hydrogen-bond donors (Lipinski definition) is 2. The maximum atomic E-state index is 6.07. The lowest BCUT2D eigenvalue weighted by molar-refractivity contribution is 0.206. The highest BCUT2D eigenvalue weighted by Gasteiger charge is 2.17. The molecule has 1 aliphatic heterocycles. The van der Waals surface area contributed by atoms with Gasteiger partial charge in [-0.25, -0.2) is 0 Å². The van der Waals surface area contributed by atoms with Crippen molar-refractivity contribution in [2.75, 3.05) is 13.1 Å². The van der Waals surface area contributed by atoms with Gasteiger partial charge in [-0.15, -0.1) is 0 Å². The molecule has 1 saturated heterocycles. The van der Waals surface area contributed by atoms with Crippen LogP contribution in [-0.4, -0.2) is 29.0 Å². The van der Waals surface area contributed by atoms with Gasteiger partial charge in [-0.2, -0.15) is 0 Å². The van der Waals surface area contributed by atoms with Gasteiger partial charge >= 0.3 is 0 Å². The monoisotopic (exact) mass is 263 g/mol. The van der Waals surface area contributed by atoms with E-state index >= 15 is 0 Å². The molecule has 0 aliphatic carbocycles. The van der Waals surface area contributed by atoms with Gasteiger partial charge < -0.3 is 10.7 Å². The first-order valence-corrected chi connectivity index (χ1v) is 6.83. The summed E-state index contributed by atoms with van der Waals surface area (Å²) in [6.07, 6.45) is 4.29. The van der Waals surface area contributed by atoms with Crippen molar-refractivity contribution in [3.8, 4) is 0 Å². The molecule has 0 unspecified atom stereocenters. The summed E-state index contributed by atoms with van der Waals surface area (Å²) in [5.41, 5.74) is 8.41. The normalized spacial score (nSPS) is 18.6. The van der Waals surface area contributed by atoms with Crippen LogP contribution >= 0.6 is 11.6 Å². The fourth-order valence-corrected chi connectivity index (χ4v) is 2.81. The molecule has 3 rings (SSSR count). The standard InChI is InChI=1S/C14H18ClN3/c15-11-1-2-14-13(7-11)10(8-17-14)9-18-5-3-12(16)4-6-18/h1-2,7-8,12,17H,3-6,9,16H2. The number of nitrogens with two attached hydrogens (primary N) is 1. The summed E-state index contributed by atoms with van der Waals surface area (Å²) < 4.78 is 0. The molecule has 3 nitrogen and oxygen atoms in total. The summed E-state index contributed by atoms with van der Waals surface area (Å²) >= 11 is 6.07. The van der Waals surface area contributed by atoms with Crippen LogP contribution < -0.4 is 5.73 Å². The number of hydrogen-bond acceptors (Lipinski definition) is 2. The number of benzene rings is 1. The molecule has 1 fully saturated rings. The largest absolute Gasteiger partial charge is 0.361 e. The fourth-order valence-electron chi connectivity index (χ4n) is 2.63. The highest BCUT2D eigenvalue weighted by Crippen LogP contribution is 2.24. The van der Waals surface area contributed by atoms with Crippen LogP contribution in [0.1, 0.15) is 18.4 Å². The number of halogens is 1. The van der Waals surface area contributed by atoms with E-state index < -0.39 is 0 Å². The Morgan fingerprint density at radius 1 is 1.33 bits per heavy atom. The zero-order valence-corrected chi connectivity index (χ0v) is 11.1. The van der Waals surface area contributed by atoms with Crippen molar-refractivity contribution in [2.24, 2.45) is 5.73 Å². The second-order valence-corrected chi connectivity index (χ2v) is 5.55. The highest BCUT2D eigenvalue weighted by atomic mass is 35.5. The Balaban J connectivity index is 1.80. The van der Waals surface area contributed by atoms with E-state index in [0.717, 1.165) is 43.0 Å². The molecule has 0 atom stereocenters. The Hall–Kier alpha value is -1.03. The lowest BCUT2D eigenvalue weighted by atomic mass is 10.1. The summed E-state index contributed by atoms with van der Waals surface area (Å²) in [5, 5.41) is 2.03. The van der Waals surface area contributed by atoms with Crippen LogP contribution in [0.25, 0.3) is 10.9 Å². The van der Waals surface area contributed by atoms with Crippen LogP contribution in [0.2, 0.25) is 5.02 Å². The van der Waals surface area contributed by atoms with Crippen molar-refractivity contribution in [3.05, 3.63) is 35.0 Å². The van der Waals surface area contributed by atoms with Crippen molar-refractivity contribution in [2.45, 2.75) is 25.4 Å². The smallest absolute Gasteiger partial charge is 0.0458 e. The van der Waals surface area contributed by atoms with Crippen LogP contribution in [0.3, 0.4) is 0 Å². The molecule has 4 heteroatoms. The molecular formula is C14H18ClN3. The average molecular weight is 264 g/mol. The number of likely N-dealkylation sites (tertiary alicyclic amines) is 1. The number of nitrogens with one attached hydrogen (secondary N) is 1. The van der Waals surface area contributed by atoms with Crippen LogP contribution in [0.5, 0.6) is 0 Å². The number of aromatic nitrogens is 1. The molecule has 0 spiro atoms. The first kappa shape index (κ1) is 12.0. The van der Waals surface area contributed by atoms with Gasteiger partial charge in [0.25, 0.3) is 0 Å². The lowest BCUT2D eigenvalue weighted by Gasteiger charge is -2.29.